The van der Waals surface area contributed by atoms with Crippen LogP contribution in [0.15, 0.2) is 35.2 Å². The number of fused-ring (bicyclic) bond motifs is 2. The molecule has 3 atom stereocenters. The van der Waals surface area contributed by atoms with Crippen LogP contribution in [0.25, 0.3) is 0 Å². The average molecular weight is 324 g/mol. The second-order valence-corrected chi connectivity index (χ2v) is 7.34. The normalized spacial score (nSPS) is 26.3. The number of nitro groups is 1. The first-order chi connectivity index (χ1) is 10.3. The molecule has 1 fully saturated rings. The maximum atomic E-state index is 11.3. The van der Waals surface area contributed by atoms with Crippen LogP contribution in [-0.2, 0) is 10.0 Å². The Kier molecular flexibility index (Phi) is 3.65. The summed E-state index contributed by atoms with van der Waals surface area (Å²) in [6.07, 6.45) is 6.55. The highest BCUT2D eigenvalue weighted by atomic mass is 32.2. The molecule has 0 saturated heterocycles. The van der Waals surface area contributed by atoms with Gasteiger partial charge in [-0.2, -0.15) is 0 Å². The van der Waals surface area contributed by atoms with Crippen LogP contribution in [0.1, 0.15) is 12.8 Å². The summed E-state index contributed by atoms with van der Waals surface area (Å²) < 4.78 is 28.2. The molecular weight excluding hydrogens is 308 g/mol. The van der Waals surface area contributed by atoms with Gasteiger partial charge in [-0.3, -0.25) is 10.1 Å². The molecule has 2 aliphatic rings. The third-order valence-electron chi connectivity index (χ3n) is 4.32. The van der Waals surface area contributed by atoms with Crippen molar-refractivity contribution in [2.75, 3.05) is 6.61 Å². The van der Waals surface area contributed by atoms with Crippen molar-refractivity contribution in [1.82, 2.24) is 0 Å². The Morgan fingerprint density at radius 1 is 1.32 bits per heavy atom. The Hall–Kier alpha value is -1.93. The van der Waals surface area contributed by atoms with E-state index in [0.29, 0.717) is 24.4 Å². The minimum Gasteiger partial charge on any atom is -0.486 e. The maximum absolute atomic E-state index is 11.3. The highest BCUT2D eigenvalue weighted by Crippen LogP contribution is 2.43. The van der Waals surface area contributed by atoms with E-state index in [2.05, 4.69) is 12.2 Å². The lowest BCUT2D eigenvalue weighted by atomic mass is 9.95. The number of benzene rings is 1. The maximum Gasteiger partial charge on any atom is 0.312 e. The molecule has 0 aliphatic heterocycles. The molecule has 0 aromatic heterocycles. The molecule has 2 bridgehead atoms. The summed E-state index contributed by atoms with van der Waals surface area (Å²) in [5, 5.41) is 16.1. The Morgan fingerprint density at radius 2 is 2.09 bits per heavy atom. The zero-order chi connectivity index (χ0) is 15.9. The number of sulfonamides is 1. The van der Waals surface area contributed by atoms with Crippen LogP contribution in [0.4, 0.5) is 5.69 Å². The Bertz CT molecular complexity index is 744. The van der Waals surface area contributed by atoms with Crippen LogP contribution < -0.4 is 9.88 Å². The van der Waals surface area contributed by atoms with Gasteiger partial charge in [-0.15, -0.1) is 0 Å². The van der Waals surface area contributed by atoms with Crippen LogP contribution in [0, 0.1) is 27.9 Å². The second kappa shape index (κ2) is 5.36. The molecule has 0 spiro atoms. The topological polar surface area (TPSA) is 113 Å². The second-order valence-electron chi connectivity index (χ2n) is 5.78. The minimum absolute atomic E-state index is 0.0733. The SMILES string of the molecule is NS(=O)(=O)c1ccc(OCC2C[C@@H]3C=C[C@@H]2C3)c([N+](=O)[O-])c1. The van der Waals surface area contributed by atoms with Crippen LogP contribution in [0.2, 0.25) is 0 Å². The lowest BCUT2D eigenvalue weighted by Gasteiger charge is -2.18. The van der Waals surface area contributed by atoms with Gasteiger partial charge in [0.15, 0.2) is 5.75 Å². The first-order valence-electron chi connectivity index (χ1n) is 6.97. The molecule has 8 heteroatoms. The minimum atomic E-state index is -3.98. The van der Waals surface area contributed by atoms with Gasteiger partial charge in [0.25, 0.3) is 0 Å². The summed E-state index contributed by atoms with van der Waals surface area (Å²) in [4.78, 5) is 10.1. The third-order valence-corrected chi connectivity index (χ3v) is 5.24. The fourth-order valence-electron chi connectivity index (χ4n) is 3.22. The van der Waals surface area contributed by atoms with Gasteiger partial charge in [0.2, 0.25) is 10.0 Å². The molecule has 1 aromatic rings. The van der Waals surface area contributed by atoms with Gasteiger partial charge in [-0.05, 0) is 42.7 Å². The molecule has 1 saturated carbocycles. The van der Waals surface area contributed by atoms with Gasteiger partial charge in [-0.1, -0.05) is 12.2 Å². The summed E-state index contributed by atoms with van der Waals surface area (Å²) in [5.41, 5.74) is -0.384. The summed E-state index contributed by atoms with van der Waals surface area (Å²) in [7, 11) is -3.98. The molecule has 22 heavy (non-hydrogen) atoms. The number of nitro benzene ring substituents is 1. The summed E-state index contributed by atoms with van der Waals surface area (Å²) in [5.74, 6) is 1.50. The molecule has 1 unspecified atom stereocenters. The van der Waals surface area contributed by atoms with E-state index in [0.717, 1.165) is 18.9 Å². The van der Waals surface area contributed by atoms with E-state index in [1.807, 2.05) is 0 Å². The van der Waals surface area contributed by atoms with Crippen LogP contribution in [0.5, 0.6) is 5.75 Å². The zero-order valence-electron chi connectivity index (χ0n) is 11.7. The number of hydrogen-bond donors (Lipinski definition) is 1. The number of primary sulfonamides is 1. The van der Waals surface area contributed by atoms with Gasteiger partial charge >= 0.3 is 5.69 Å². The van der Waals surface area contributed by atoms with Crippen LogP contribution in [0.3, 0.4) is 0 Å². The molecule has 0 radical (unpaired) electrons. The largest absolute Gasteiger partial charge is 0.486 e. The van der Waals surface area contributed by atoms with Gasteiger partial charge < -0.3 is 4.74 Å². The van der Waals surface area contributed by atoms with Crippen molar-refractivity contribution in [3.63, 3.8) is 0 Å². The Morgan fingerprint density at radius 3 is 2.64 bits per heavy atom. The highest BCUT2D eigenvalue weighted by molar-refractivity contribution is 7.89. The summed E-state index contributed by atoms with van der Waals surface area (Å²) >= 11 is 0. The van der Waals surface area contributed by atoms with Gasteiger partial charge in [0, 0.05) is 6.07 Å². The lowest BCUT2D eigenvalue weighted by Crippen LogP contribution is -2.17. The van der Waals surface area contributed by atoms with Crippen molar-refractivity contribution in [1.29, 1.82) is 0 Å². The quantitative estimate of drug-likeness (QED) is 0.504. The van der Waals surface area contributed by atoms with E-state index in [1.54, 1.807) is 0 Å². The molecule has 3 rings (SSSR count). The van der Waals surface area contributed by atoms with E-state index < -0.39 is 14.9 Å². The first-order valence-corrected chi connectivity index (χ1v) is 8.51. The number of allylic oxidation sites excluding steroid dienone is 2. The fourth-order valence-corrected chi connectivity index (χ4v) is 3.76. The van der Waals surface area contributed by atoms with Crippen molar-refractivity contribution < 1.29 is 18.1 Å². The predicted octanol–water partition coefficient (Wildman–Crippen LogP) is 1.83. The predicted molar refractivity (Wildman–Crippen MR) is 78.8 cm³/mol. The number of ether oxygens (including phenoxy) is 1. The number of hydrogen-bond acceptors (Lipinski definition) is 5. The first kappa shape index (κ1) is 15.0. The van der Waals surface area contributed by atoms with Gasteiger partial charge in [0.05, 0.1) is 16.4 Å². The van der Waals surface area contributed by atoms with Crippen LogP contribution >= 0.6 is 0 Å². The molecule has 7 nitrogen and oxygen atoms in total. The average Bonchev–Trinajstić information content (AvgIpc) is 3.06. The standard InChI is InChI=1S/C14H16N2O5S/c15-22(19,20)12-3-4-14(13(7-12)16(17)18)21-8-11-6-9-1-2-10(11)5-9/h1-4,7,9-11H,5-6,8H2,(H2,15,19,20)/t9-,10-,11?/m1/s1. The van der Waals surface area contributed by atoms with Crippen molar-refractivity contribution in [3.8, 4) is 5.75 Å². The Labute approximate surface area is 128 Å². The molecule has 118 valence electrons. The van der Waals surface area contributed by atoms with Crippen LogP contribution in [-0.4, -0.2) is 19.9 Å². The van der Waals surface area contributed by atoms with E-state index in [-0.39, 0.29) is 16.3 Å². The van der Waals surface area contributed by atoms with Crippen molar-refractivity contribution in [2.45, 2.75) is 17.7 Å². The molecule has 1 aromatic carbocycles. The van der Waals surface area contributed by atoms with E-state index >= 15 is 0 Å². The smallest absolute Gasteiger partial charge is 0.312 e. The Balaban J connectivity index is 1.78. The van der Waals surface area contributed by atoms with E-state index in [9.17, 15) is 18.5 Å². The van der Waals surface area contributed by atoms with E-state index in [1.165, 1.54) is 12.1 Å². The van der Waals surface area contributed by atoms with E-state index in [4.69, 9.17) is 9.88 Å². The molecule has 2 aliphatic carbocycles. The van der Waals surface area contributed by atoms with Crippen molar-refractivity contribution >= 4 is 15.7 Å². The van der Waals surface area contributed by atoms with Crippen molar-refractivity contribution in [2.24, 2.45) is 22.9 Å². The lowest BCUT2D eigenvalue weighted by molar-refractivity contribution is -0.386. The zero-order valence-corrected chi connectivity index (χ0v) is 12.5. The summed E-state index contributed by atoms with van der Waals surface area (Å²) in [6, 6.07) is 3.45. The number of nitrogens with zero attached hydrogens (tertiary/aromatic N) is 1. The molecule has 0 amide bonds. The van der Waals surface area contributed by atoms with Crippen molar-refractivity contribution in [3.05, 3.63) is 40.5 Å². The highest BCUT2D eigenvalue weighted by Gasteiger charge is 2.36. The number of nitrogens with two attached hydrogens (primary N) is 1. The summed E-state index contributed by atoms with van der Waals surface area (Å²) in [6.45, 7) is 0.390. The monoisotopic (exact) mass is 324 g/mol. The van der Waals surface area contributed by atoms with Gasteiger partial charge in [-0.25, -0.2) is 13.6 Å². The molecular formula is C14H16N2O5S. The van der Waals surface area contributed by atoms with Gasteiger partial charge in [0.1, 0.15) is 0 Å². The number of rotatable bonds is 5. The molecule has 0 heterocycles. The molecule has 2 N–H and O–H groups in total. The fraction of sp³-hybridized carbons (Fsp3) is 0.429. The third kappa shape index (κ3) is 2.84.